The maximum Gasteiger partial charge on any atom is 0.257 e. The Morgan fingerprint density at radius 1 is 0.305 bits per heavy atom. The fraction of sp³-hybridized carbons (Fsp3) is 0.126. The van der Waals surface area contributed by atoms with Crippen LogP contribution in [-0.4, -0.2) is 63.4 Å². The minimum Gasteiger partial charge on any atom is -0.370 e. The SMILES string of the molecule is NC(N)=NCc1ccc(CN(CC(c2ccccc2)c2ccccc2)C(=O)c2c(Cl)cccc2Cl)cc1.NC(N)=NCc1ccc(CN(CC(c2ccccc2)c2ccccc2)C(=O)c2ccccc2)cc1.NC(N)=NCc1ccc(CN(Cc2ccc(Cl)cc2)C(=O)c2cccc3ccccc23)cc1. The maximum atomic E-state index is 13.9. The molecule has 12 rings (SSSR count). The van der Waals surface area contributed by atoms with Crippen LogP contribution in [0.25, 0.3) is 10.8 Å². The molecule has 12 aromatic rings. The Balaban J connectivity index is 0.000000169. The van der Waals surface area contributed by atoms with Crippen LogP contribution in [0.4, 0.5) is 0 Å². The molecule has 0 spiro atoms. The van der Waals surface area contributed by atoms with Gasteiger partial charge < -0.3 is 49.1 Å². The monoisotopic (exact) mass is 1450 g/mol. The average molecular weight is 1450 g/mol. The third-order valence-corrected chi connectivity index (χ3v) is 18.4. The van der Waals surface area contributed by atoms with Crippen molar-refractivity contribution < 1.29 is 14.4 Å². The summed E-state index contributed by atoms with van der Waals surface area (Å²) in [5, 5.41) is 3.30. The lowest BCUT2D eigenvalue weighted by Crippen LogP contribution is -2.35. The second-order valence-electron chi connectivity index (χ2n) is 25.1. The van der Waals surface area contributed by atoms with Gasteiger partial charge in [-0.1, -0.05) is 302 Å². The molecule has 0 fully saturated rings. The van der Waals surface area contributed by atoms with Gasteiger partial charge in [-0.3, -0.25) is 14.4 Å². The first kappa shape index (κ1) is 75.6. The zero-order chi connectivity index (χ0) is 73.9. The largest absolute Gasteiger partial charge is 0.370 e. The van der Waals surface area contributed by atoms with E-state index in [9.17, 15) is 14.4 Å². The molecule has 12 N–H and O–H groups in total. The molecule has 3 amide bonds. The van der Waals surface area contributed by atoms with Gasteiger partial charge in [0.05, 0.1) is 35.2 Å². The van der Waals surface area contributed by atoms with Crippen LogP contribution >= 0.6 is 34.8 Å². The van der Waals surface area contributed by atoms with Gasteiger partial charge in [0.1, 0.15) is 0 Å². The van der Waals surface area contributed by atoms with Crippen LogP contribution in [0.1, 0.15) is 104 Å². The van der Waals surface area contributed by atoms with E-state index < -0.39 is 0 Å². The molecule has 0 bridgehead atoms. The minimum atomic E-state index is -0.225. The summed E-state index contributed by atoms with van der Waals surface area (Å²) in [6, 6.07) is 101. The molecule has 0 saturated heterocycles. The number of rotatable bonds is 25. The highest BCUT2D eigenvalue weighted by Gasteiger charge is 2.28. The number of carbonyl (C=O) groups is 3. The summed E-state index contributed by atoms with van der Waals surface area (Å²) in [5.41, 5.74) is 45.9. The van der Waals surface area contributed by atoms with Gasteiger partial charge in [-0.25, -0.2) is 15.0 Å². The van der Waals surface area contributed by atoms with Crippen molar-refractivity contribution in [2.75, 3.05) is 13.1 Å². The molecule has 530 valence electrons. The zero-order valence-electron chi connectivity index (χ0n) is 58.0. The Labute approximate surface area is 628 Å². The van der Waals surface area contributed by atoms with Crippen molar-refractivity contribution in [1.29, 1.82) is 0 Å². The number of hydrogen-bond acceptors (Lipinski definition) is 6. The Kier molecular flexibility index (Phi) is 27.6. The number of halogens is 3. The first-order valence-electron chi connectivity index (χ1n) is 34.2. The van der Waals surface area contributed by atoms with Crippen LogP contribution in [-0.2, 0) is 45.8 Å². The van der Waals surface area contributed by atoms with E-state index in [1.807, 2.05) is 257 Å². The second-order valence-corrected chi connectivity index (χ2v) is 26.3. The molecule has 0 aliphatic rings. The van der Waals surface area contributed by atoms with Gasteiger partial charge in [0.2, 0.25) is 0 Å². The molecule has 18 heteroatoms. The summed E-state index contributed by atoms with van der Waals surface area (Å²) in [4.78, 5) is 59.1. The summed E-state index contributed by atoms with van der Waals surface area (Å²) in [6.07, 6.45) is 0. The van der Waals surface area contributed by atoms with Gasteiger partial charge in [0.25, 0.3) is 17.7 Å². The molecule has 105 heavy (non-hydrogen) atoms. The molecule has 0 atom stereocenters. The molecular weight excluding hydrogens is 1370 g/mol. The van der Waals surface area contributed by atoms with Crippen molar-refractivity contribution in [1.82, 2.24) is 14.7 Å². The highest BCUT2D eigenvalue weighted by molar-refractivity contribution is 6.39. The highest BCUT2D eigenvalue weighted by Crippen LogP contribution is 2.33. The van der Waals surface area contributed by atoms with Crippen molar-refractivity contribution in [3.8, 4) is 0 Å². The van der Waals surface area contributed by atoms with Crippen LogP contribution in [0.15, 0.2) is 324 Å². The number of carbonyl (C=O) groups excluding carboxylic acids is 3. The van der Waals surface area contributed by atoms with E-state index in [1.165, 1.54) is 11.1 Å². The molecule has 0 heterocycles. The van der Waals surface area contributed by atoms with Crippen molar-refractivity contribution in [3.05, 3.63) is 402 Å². The molecule has 0 radical (unpaired) electrons. The summed E-state index contributed by atoms with van der Waals surface area (Å²) in [6.45, 7) is 4.03. The third kappa shape index (κ3) is 22.5. The zero-order valence-corrected chi connectivity index (χ0v) is 60.2. The van der Waals surface area contributed by atoms with E-state index in [2.05, 4.69) is 63.5 Å². The van der Waals surface area contributed by atoms with Crippen LogP contribution in [0.3, 0.4) is 0 Å². The number of fused-ring (bicyclic) bond motifs is 1. The predicted octanol–water partition coefficient (Wildman–Crippen LogP) is 16.3. The van der Waals surface area contributed by atoms with Gasteiger partial charge in [-0.05, 0) is 114 Å². The summed E-state index contributed by atoms with van der Waals surface area (Å²) in [5.74, 6) is -0.0591. The van der Waals surface area contributed by atoms with Crippen molar-refractivity contribution >= 4 is 81.2 Å². The smallest absolute Gasteiger partial charge is 0.257 e. The van der Waals surface area contributed by atoms with Crippen LogP contribution in [0.2, 0.25) is 15.1 Å². The summed E-state index contributed by atoms with van der Waals surface area (Å²) < 4.78 is 0. The number of guanidine groups is 3. The van der Waals surface area contributed by atoms with E-state index in [0.717, 1.165) is 60.8 Å². The first-order chi connectivity index (χ1) is 51.0. The molecule has 0 aliphatic carbocycles. The van der Waals surface area contributed by atoms with Crippen molar-refractivity contribution in [2.24, 2.45) is 49.4 Å². The van der Waals surface area contributed by atoms with Gasteiger partial charge in [0, 0.05) is 67.3 Å². The lowest BCUT2D eigenvalue weighted by atomic mass is 9.90. The van der Waals surface area contributed by atoms with E-state index in [-0.39, 0.29) is 47.4 Å². The Hall–Kier alpha value is -12.0. The van der Waals surface area contributed by atoms with E-state index in [4.69, 9.17) is 69.2 Å². The Morgan fingerprint density at radius 3 is 0.990 bits per heavy atom. The summed E-state index contributed by atoms with van der Waals surface area (Å²) >= 11 is 19.0. The predicted molar refractivity (Wildman–Crippen MR) is 429 cm³/mol. The lowest BCUT2D eigenvalue weighted by molar-refractivity contribution is 0.0726. The lowest BCUT2D eigenvalue weighted by Gasteiger charge is -2.29. The van der Waals surface area contributed by atoms with Crippen molar-refractivity contribution in [2.45, 2.75) is 57.6 Å². The fourth-order valence-corrected chi connectivity index (χ4v) is 12.8. The van der Waals surface area contributed by atoms with E-state index in [0.29, 0.717) is 90.7 Å². The molecule has 0 aliphatic heterocycles. The van der Waals surface area contributed by atoms with Gasteiger partial charge in [-0.2, -0.15) is 0 Å². The number of nitrogens with two attached hydrogens (primary N) is 6. The van der Waals surface area contributed by atoms with E-state index in [1.54, 1.807) is 18.2 Å². The van der Waals surface area contributed by atoms with Gasteiger partial charge in [0.15, 0.2) is 17.9 Å². The molecular formula is C87H83Cl3N12O3. The number of aliphatic imine (C=N–C) groups is 3. The standard InChI is InChI=1S/C30H28Cl2N4O.C30H30N4O.C27H25ClN4O/c31-26-12-7-13-27(32)28(26)29(37)36(19-22-16-14-21(15-17-22)18-35-30(33)34)20-25(23-8-3-1-4-9-23)24-10-5-2-6-11-24;31-30(32)33-20-23-16-18-24(19-17-23)21-34(29(35)27-14-8-3-9-15-27)22-28(25-10-4-1-5-11-25)26-12-6-2-7-13-26;28-23-14-12-21(13-15-23)18-32(17-20-10-8-19(9-11-20)16-31-27(29)30)26(33)25-7-3-5-22-4-1-2-6-24(22)25/h1-17,25H,18-20H2,(H4,33,34,35);1-19,28H,20-22H2,(H4,31,32,33);1-15H,16-18H2,(H4,29,30,31). The number of benzene rings is 12. The van der Waals surface area contributed by atoms with Gasteiger partial charge in [-0.15, -0.1) is 0 Å². The number of amides is 3. The molecule has 0 unspecified atom stereocenters. The van der Waals surface area contributed by atoms with E-state index >= 15 is 0 Å². The van der Waals surface area contributed by atoms with Crippen LogP contribution < -0.4 is 34.4 Å². The minimum absolute atomic E-state index is 0.00652. The molecule has 0 aromatic heterocycles. The fourth-order valence-electron chi connectivity index (χ4n) is 12.1. The Morgan fingerprint density at radius 2 is 0.610 bits per heavy atom. The van der Waals surface area contributed by atoms with Crippen LogP contribution in [0.5, 0.6) is 0 Å². The quantitative estimate of drug-likeness (QED) is 0.0235. The molecule has 15 nitrogen and oxygen atoms in total. The van der Waals surface area contributed by atoms with Crippen LogP contribution in [0, 0.1) is 0 Å². The first-order valence-corrected chi connectivity index (χ1v) is 35.3. The third-order valence-electron chi connectivity index (χ3n) is 17.5. The topological polar surface area (TPSA) is 254 Å². The summed E-state index contributed by atoms with van der Waals surface area (Å²) in [7, 11) is 0. The molecule has 0 saturated carbocycles. The second kappa shape index (κ2) is 38.3. The Bertz CT molecular complexity index is 4750. The van der Waals surface area contributed by atoms with Gasteiger partial charge >= 0.3 is 0 Å². The van der Waals surface area contributed by atoms with Crippen molar-refractivity contribution in [3.63, 3.8) is 0 Å². The number of hydrogen-bond donors (Lipinski definition) is 6. The highest BCUT2D eigenvalue weighted by atomic mass is 35.5. The maximum absolute atomic E-state index is 13.9. The number of nitrogens with zero attached hydrogens (tertiary/aromatic N) is 6. The molecule has 12 aromatic carbocycles. The average Bonchev–Trinajstić information content (AvgIpc) is 0.815. The normalized spacial score (nSPS) is 10.7.